The van der Waals surface area contributed by atoms with Gasteiger partial charge < -0.3 is 10.1 Å². The molecule has 0 aliphatic carbocycles. The Morgan fingerprint density at radius 3 is 2.74 bits per heavy atom. The molecular formula is C15H19NO3. The van der Waals surface area contributed by atoms with Gasteiger partial charge in [-0.1, -0.05) is 23.8 Å². The molecule has 19 heavy (non-hydrogen) atoms. The molecule has 0 aliphatic rings. The number of carbonyl (C=O) groups excluding carboxylic acids is 2. The van der Waals surface area contributed by atoms with Crippen molar-refractivity contribution < 1.29 is 14.3 Å². The van der Waals surface area contributed by atoms with E-state index in [-0.39, 0.29) is 5.91 Å². The molecule has 0 aromatic heterocycles. The molecule has 4 nitrogen and oxygen atoms in total. The maximum atomic E-state index is 12.0. The summed E-state index contributed by atoms with van der Waals surface area (Å²) in [5, 5.41) is 2.58. The number of ether oxygens (including phenoxy) is 1. The van der Waals surface area contributed by atoms with Crippen molar-refractivity contribution in [3.05, 3.63) is 47.5 Å². The fourth-order valence-electron chi connectivity index (χ4n) is 1.55. The first-order valence-electron chi connectivity index (χ1n) is 6.12. The predicted octanol–water partition coefficient (Wildman–Crippen LogP) is 2.15. The number of benzene rings is 1. The van der Waals surface area contributed by atoms with Gasteiger partial charge in [0.05, 0.1) is 5.56 Å². The molecule has 0 bridgehead atoms. The lowest BCUT2D eigenvalue weighted by Crippen LogP contribution is -2.35. The number of nitrogens with one attached hydrogen (secondary N) is 1. The van der Waals surface area contributed by atoms with Crippen LogP contribution in [0.4, 0.5) is 0 Å². The van der Waals surface area contributed by atoms with Crippen LogP contribution in [0.1, 0.15) is 28.4 Å². The van der Waals surface area contributed by atoms with Crippen LogP contribution in [-0.4, -0.2) is 24.5 Å². The predicted molar refractivity (Wildman–Crippen MR) is 74.0 cm³/mol. The Kier molecular flexibility index (Phi) is 5.30. The van der Waals surface area contributed by atoms with E-state index in [1.54, 1.807) is 19.1 Å². The molecule has 0 aliphatic heterocycles. The first-order chi connectivity index (χ1) is 8.95. The molecule has 1 unspecified atom stereocenters. The largest absolute Gasteiger partial charge is 0.449 e. The maximum Gasteiger partial charge on any atom is 0.339 e. The average Bonchev–Trinajstić information content (AvgIpc) is 2.38. The second-order valence-electron chi connectivity index (χ2n) is 4.40. The maximum absolute atomic E-state index is 12.0. The van der Waals surface area contributed by atoms with Gasteiger partial charge in [0.1, 0.15) is 0 Å². The summed E-state index contributed by atoms with van der Waals surface area (Å²) in [6.45, 7) is 9.12. The van der Waals surface area contributed by atoms with Crippen LogP contribution in [0.2, 0.25) is 0 Å². The summed E-state index contributed by atoms with van der Waals surface area (Å²) in [5.41, 5.74) is 2.29. The van der Waals surface area contributed by atoms with Gasteiger partial charge in [0, 0.05) is 6.54 Å². The van der Waals surface area contributed by atoms with Gasteiger partial charge in [-0.05, 0) is 32.4 Å². The van der Waals surface area contributed by atoms with E-state index in [1.165, 1.54) is 0 Å². The van der Waals surface area contributed by atoms with Gasteiger partial charge >= 0.3 is 5.97 Å². The number of hydrogen-bond donors (Lipinski definition) is 1. The summed E-state index contributed by atoms with van der Waals surface area (Å²) < 4.78 is 5.15. The van der Waals surface area contributed by atoms with Crippen LogP contribution in [0, 0.1) is 13.8 Å². The summed E-state index contributed by atoms with van der Waals surface area (Å²) in [4.78, 5) is 23.6. The first kappa shape index (κ1) is 15.0. The van der Waals surface area contributed by atoms with E-state index in [2.05, 4.69) is 11.9 Å². The molecule has 1 amide bonds. The normalized spacial score (nSPS) is 11.5. The summed E-state index contributed by atoms with van der Waals surface area (Å²) in [6.07, 6.45) is 0.740. The molecule has 4 heteroatoms. The van der Waals surface area contributed by atoms with Crippen LogP contribution in [0.3, 0.4) is 0 Å². The summed E-state index contributed by atoms with van der Waals surface area (Å²) >= 11 is 0. The number of rotatable bonds is 5. The average molecular weight is 261 g/mol. The van der Waals surface area contributed by atoms with Crippen molar-refractivity contribution in [3.63, 3.8) is 0 Å². The molecule has 0 saturated carbocycles. The van der Waals surface area contributed by atoms with Crippen LogP contribution in [0.5, 0.6) is 0 Å². The topological polar surface area (TPSA) is 55.4 Å². The Hall–Kier alpha value is -2.10. The number of amides is 1. The highest BCUT2D eigenvalue weighted by Crippen LogP contribution is 2.13. The van der Waals surface area contributed by atoms with Crippen LogP contribution >= 0.6 is 0 Å². The summed E-state index contributed by atoms with van der Waals surface area (Å²) in [7, 11) is 0. The molecule has 0 radical (unpaired) electrons. The van der Waals surface area contributed by atoms with E-state index in [1.807, 2.05) is 26.0 Å². The van der Waals surface area contributed by atoms with Gasteiger partial charge in [-0.25, -0.2) is 4.79 Å². The minimum Gasteiger partial charge on any atom is -0.449 e. The van der Waals surface area contributed by atoms with Crippen LogP contribution in [-0.2, 0) is 9.53 Å². The van der Waals surface area contributed by atoms with Crippen molar-refractivity contribution in [2.45, 2.75) is 26.9 Å². The smallest absolute Gasteiger partial charge is 0.339 e. The molecule has 0 heterocycles. The third kappa shape index (κ3) is 4.25. The highest BCUT2D eigenvalue weighted by Gasteiger charge is 2.19. The molecule has 1 atom stereocenters. The zero-order chi connectivity index (χ0) is 14.4. The first-order valence-corrected chi connectivity index (χ1v) is 6.12. The highest BCUT2D eigenvalue weighted by molar-refractivity contribution is 5.93. The zero-order valence-electron chi connectivity index (χ0n) is 11.5. The lowest BCUT2D eigenvalue weighted by Gasteiger charge is -2.14. The fourth-order valence-corrected chi connectivity index (χ4v) is 1.55. The molecule has 0 fully saturated rings. The van der Waals surface area contributed by atoms with Gasteiger partial charge in [-0.2, -0.15) is 0 Å². The van der Waals surface area contributed by atoms with E-state index in [0.717, 1.165) is 11.1 Å². The fraction of sp³-hybridized carbons (Fsp3) is 0.333. The van der Waals surface area contributed by atoms with E-state index >= 15 is 0 Å². The van der Waals surface area contributed by atoms with Gasteiger partial charge in [0.15, 0.2) is 6.10 Å². The van der Waals surface area contributed by atoms with Gasteiger partial charge in [-0.15, -0.1) is 6.58 Å². The molecule has 0 spiro atoms. The lowest BCUT2D eigenvalue weighted by atomic mass is 10.1. The minimum atomic E-state index is -0.827. The summed E-state index contributed by atoms with van der Waals surface area (Å²) in [6, 6.07) is 5.53. The number of aryl methyl sites for hydroxylation is 2. The standard InChI is InChI=1S/C15H19NO3/c1-5-8-16-14(17)12(4)19-15(18)13-9-10(2)6-7-11(13)3/h5-7,9,12H,1,8H2,2-4H3,(H,16,17). The van der Waals surface area contributed by atoms with Gasteiger partial charge in [0.2, 0.25) is 0 Å². The summed E-state index contributed by atoms with van der Waals surface area (Å²) in [5.74, 6) is -0.819. The van der Waals surface area contributed by atoms with E-state index in [9.17, 15) is 9.59 Å². The minimum absolute atomic E-state index is 0.335. The van der Waals surface area contributed by atoms with Crippen molar-refractivity contribution >= 4 is 11.9 Å². The SMILES string of the molecule is C=CCNC(=O)C(C)OC(=O)c1cc(C)ccc1C. The highest BCUT2D eigenvalue weighted by atomic mass is 16.5. The molecule has 1 aromatic carbocycles. The zero-order valence-corrected chi connectivity index (χ0v) is 11.5. The molecule has 1 N–H and O–H groups in total. The quantitative estimate of drug-likeness (QED) is 0.652. The third-order valence-corrected chi connectivity index (χ3v) is 2.69. The van der Waals surface area contributed by atoms with Gasteiger partial charge in [-0.3, -0.25) is 4.79 Å². The Labute approximate surface area is 113 Å². The third-order valence-electron chi connectivity index (χ3n) is 2.69. The molecule has 0 saturated heterocycles. The van der Waals surface area contributed by atoms with E-state index < -0.39 is 12.1 Å². The van der Waals surface area contributed by atoms with Crippen molar-refractivity contribution in [3.8, 4) is 0 Å². The van der Waals surface area contributed by atoms with Crippen molar-refractivity contribution in [1.29, 1.82) is 0 Å². The van der Waals surface area contributed by atoms with Crippen LogP contribution in [0.25, 0.3) is 0 Å². The van der Waals surface area contributed by atoms with Crippen LogP contribution in [0.15, 0.2) is 30.9 Å². The lowest BCUT2D eigenvalue weighted by molar-refractivity contribution is -0.128. The Morgan fingerprint density at radius 1 is 1.42 bits per heavy atom. The number of esters is 1. The Balaban J connectivity index is 2.71. The van der Waals surface area contributed by atoms with E-state index in [0.29, 0.717) is 12.1 Å². The van der Waals surface area contributed by atoms with E-state index in [4.69, 9.17) is 4.74 Å². The van der Waals surface area contributed by atoms with Gasteiger partial charge in [0.25, 0.3) is 5.91 Å². The van der Waals surface area contributed by atoms with Crippen molar-refractivity contribution in [2.24, 2.45) is 0 Å². The Morgan fingerprint density at radius 2 is 2.11 bits per heavy atom. The second kappa shape index (κ2) is 6.73. The monoisotopic (exact) mass is 261 g/mol. The van der Waals surface area contributed by atoms with Crippen LogP contribution < -0.4 is 5.32 Å². The van der Waals surface area contributed by atoms with Crippen molar-refractivity contribution in [2.75, 3.05) is 6.54 Å². The molecule has 1 rings (SSSR count). The second-order valence-corrected chi connectivity index (χ2v) is 4.40. The molecular weight excluding hydrogens is 242 g/mol. The number of carbonyl (C=O) groups is 2. The molecule has 102 valence electrons. The Bertz CT molecular complexity index is 494. The molecule has 1 aromatic rings. The van der Waals surface area contributed by atoms with Crippen molar-refractivity contribution in [1.82, 2.24) is 5.32 Å². The number of hydrogen-bond acceptors (Lipinski definition) is 3.